The number of nitrogens with zero attached hydrogens (tertiary/aromatic N) is 3. The van der Waals surface area contributed by atoms with E-state index in [1.165, 1.54) is 6.33 Å². The zero-order chi connectivity index (χ0) is 13.1. The number of fused-ring (bicyclic) bond motifs is 1. The molecule has 4 nitrogen and oxygen atoms in total. The molecule has 0 unspecified atom stereocenters. The summed E-state index contributed by atoms with van der Waals surface area (Å²) in [5.41, 5.74) is 1.93. The minimum Gasteiger partial charge on any atom is -0.365 e. The third-order valence-electron chi connectivity index (χ3n) is 2.78. The van der Waals surface area contributed by atoms with E-state index in [1.54, 1.807) is 6.20 Å². The predicted octanol–water partition coefficient (Wildman–Crippen LogP) is 3.29. The highest BCUT2D eigenvalue weighted by molar-refractivity contribution is 6.31. The molecular weight excluding hydrogens is 260 g/mol. The van der Waals surface area contributed by atoms with E-state index in [1.807, 2.05) is 36.5 Å². The van der Waals surface area contributed by atoms with E-state index in [4.69, 9.17) is 11.6 Å². The number of anilines is 1. The Bertz CT molecular complexity index is 700. The molecule has 0 saturated heterocycles. The first-order valence-corrected chi connectivity index (χ1v) is 6.24. The molecule has 0 atom stereocenters. The number of benzene rings is 1. The third kappa shape index (κ3) is 2.63. The van der Waals surface area contributed by atoms with E-state index in [0.29, 0.717) is 11.6 Å². The summed E-state index contributed by atoms with van der Waals surface area (Å²) in [7, 11) is 0. The highest BCUT2D eigenvalue weighted by Crippen LogP contribution is 2.22. The number of nitrogens with one attached hydrogen (secondary N) is 1. The van der Waals surface area contributed by atoms with Crippen LogP contribution < -0.4 is 5.32 Å². The van der Waals surface area contributed by atoms with Crippen LogP contribution in [0.3, 0.4) is 0 Å². The summed E-state index contributed by atoms with van der Waals surface area (Å²) < 4.78 is 0. The van der Waals surface area contributed by atoms with Crippen molar-refractivity contribution in [3.63, 3.8) is 0 Å². The van der Waals surface area contributed by atoms with Crippen LogP contribution in [-0.4, -0.2) is 15.0 Å². The maximum atomic E-state index is 5.95. The highest BCUT2D eigenvalue weighted by atomic mass is 35.5. The topological polar surface area (TPSA) is 50.7 Å². The molecule has 2 heterocycles. The fourth-order valence-electron chi connectivity index (χ4n) is 1.86. The van der Waals surface area contributed by atoms with Crippen LogP contribution >= 0.6 is 11.6 Å². The van der Waals surface area contributed by atoms with Gasteiger partial charge in [-0.3, -0.25) is 4.98 Å². The molecule has 2 aromatic heterocycles. The molecule has 0 bridgehead atoms. The lowest BCUT2D eigenvalue weighted by Gasteiger charge is -2.08. The van der Waals surface area contributed by atoms with E-state index in [2.05, 4.69) is 20.3 Å². The molecule has 0 fully saturated rings. The molecule has 0 radical (unpaired) electrons. The number of aromatic nitrogens is 3. The van der Waals surface area contributed by atoms with Gasteiger partial charge >= 0.3 is 0 Å². The Morgan fingerprint density at radius 2 is 2.11 bits per heavy atom. The lowest BCUT2D eigenvalue weighted by Crippen LogP contribution is -2.02. The van der Waals surface area contributed by atoms with Crippen molar-refractivity contribution >= 4 is 28.3 Å². The van der Waals surface area contributed by atoms with Crippen molar-refractivity contribution in [3.05, 3.63) is 59.6 Å². The second-order valence-electron chi connectivity index (χ2n) is 4.10. The van der Waals surface area contributed by atoms with Crippen molar-refractivity contribution in [1.82, 2.24) is 15.0 Å². The molecule has 3 aromatic rings. The summed E-state index contributed by atoms with van der Waals surface area (Å²) in [6, 6.07) is 9.51. The van der Waals surface area contributed by atoms with Crippen LogP contribution in [0.4, 0.5) is 5.82 Å². The highest BCUT2D eigenvalue weighted by Gasteiger charge is 2.03. The van der Waals surface area contributed by atoms with E-state index < -0.39 is 0 Å². The second-order valence-corrected chi connectivity index (χ2v) is 4.54. The summed E-state index contributed by atoms with van der Waals surface area (Å²) in [4.78, 5) is 12.6. The van der Waals surface area contributed by atoms with Gasteiger partial charge in [0.15, 0.2) is 0 Å². The maximum absolute atomic E-state index is 5.95. The first kappa shape index (κ1) is 11.9. The Morgan fingerprint density at radius 1 is 1.16 bits per heavy atom. The SMILES string of the molecule is Clc1ccc2c(NCc3cccnc3)ncnc2c1. The molecule has 0 spiro atoms. The number of hydrogen-bond acceptors (Lipinski definition) is 4. The number of rotatable bonds is 3. The van der Waals surface area contributed by atoms with E-state index in [9.17, 15) is 0 Å². The van der Waals surface area contributed by atoms with Gasteiger partial charge in [-0.05, 0) is 29.8 Å². The van der Waals surface area contributed by atoms with Gasteiger partial charge in [0, 0.05) is 29.3 Å². The average Bonchev–Trinajstić information content (AvgIpc) is 2.45. The van der Waals surface area contributed by atoms with Crippen LogP contribution in [0.5, 0.6) is 0 Å². The summed E-state index contributed by atoms with van der Waals surface area (Å²) >= 11 is 5.95. The summed E-state index contributed by atoms with van der Waals surface area (Å²) in [6.07, 6.45) is 5.11. The Labute approximate surface area is 115 Å². The smallest absolute Gasteiger partial charge is 0.137 e. The first-order valence-electron chi connectivity index (χ1n) is 5.86. The number of hydrogen-bond donors (Lipinski definition) is 1. The normalized spacial score (nSPS) is 10.6. The third-order valence-corrected chi connectivity index (χ3v) is 3.02. The van der Waals surface area contributed by atoms with Crippen LogP contribution in [0.25, 0.3) is 10.9 Å². The van der Waals surface area contributed by atoms with Crippen LogP contribution in [0.15, 0.2) is 49.1 Å². The van der Waals surface area contributed by atoms with Gasteiger partial charge in [0.05, 0.1) is 5.52 Å². The van der Waals surface area contributed by atoms with Crippen molar-refractivity contribution < 1.29 is 0 Å². The largest absolute Gasteiger partial charge is 0.365 e. The summed E-state index contributed by atoms with van der Waals surface area (Å²) in [5, 5.41) is 4.91. The minimum atomic E-state index is 0.669. The van der Waals surface area contributed by atoms with Crippen molar-refractivity contribution in [2.45, 2.75) is 6.54 Å². The predicted molar refractivity (Wildman–Crippen MR) is 76.1 cm³/mol. The number of pyridine rings is 1. The zero-order valence-electron chi connectivity index (χ0n) is 10.0. The molecule has 0 aliphatic rings. The quantitative estimate of drug-likeness (QED) is 0.793. The van der Waals surface area contributed by atoms with Gasteiger partial charge < -0.3 is 5.32 Å². The van der Waals surface area contributed by atoms with Crippen molar-refractivity contribution in [2.24, 2.45) is 0 Å². The molecule has 19 heavy (non-hydrogen) atoms. The zero-order valence-corrected chi connectivity index (χ0v) is 10.8. The molecule has 5 heteroatoms. The second kappa shape index (κ2) is 5.20. The molecule has 0 aliphatic heterocycles. The molecule has 0 amide bonds. The molecule has 1 N–H and O–H groups in total. The van der Waals surface area contributed by atoms with Crippen LogP contribution in [0.2, 0.25) is 5.02 Å². The fourth-order valence-corrected chi connectivity index (χ4v) is 2.03. The Morgan fingerprint density at radius 3 is 2.95 bits per heavy atom. The first-order chi connectivity index (χ1) is 9.33. The summed E-state index contributed by atoms with van der Waals surface area (Å²) in [6.45, 7) is 0.669. The monoisotopic (exact) mass is 270 g/mol. The van der Waals surface area contributed by atoms with Crippen molar-refractivity contribution in [2.75, 3.05) is 5.32 Å². The average molecular weight is 271 g/mol. The number of halogens is 1. The van der Waals surface area contributed by atoms with Gasteiger partial charge in [0.25, 0.3) is 0 Å². The van der Waals surface area contributed by atoms with Gasteiger partial charge in [0.2, 0.25) is 0 Å². The van der Waals surface area contributed by atoms with Crippen LogP contribution in [-0.2, 0) is 6.54 Å². The molecule has 3 rings (SSSR count). The summed E-state index contributed by atoms with van der Waals surface area (Å²) in [5.74, 6) is 0.797. The Hall–Kier alpha value is -2.20. The molecule has 1 aromatic carbocycles. The van der Waals surface area contributed by atoms with Crippen LogP contribution in [0, 0.1) is 0 Å². The van der Waals surface area contributed by atoms with E-state index in [-0.39, 0.29) is 0 Å². The molecule has 94 valence electrons. The molecule has 0 aliphatic carbocycles. The van der Waals surface area contributed by atoms with Crippen molar-refractivity contribution in [3.8, 4) is 0 Å². The standard InChI is InChI=1S/C14H11ClN4/c15-11-3-4-12-13(6-11)18-9-19-14(12)17-8-10-2-1-5-16-7-10/h1-7,9H,8H2,(H,17,18,19). The minimum absolute atomic E-state index is 0.669. The fraction of sp³-hybridized carbons (Fsp3) is 0.0714. The molecular formula is C14H11ClN4. The molecule has 0 saturated carbocycles. The lowest BCUT2D eigenvalue weighted by atomic mass is 10.2. The van der Waals surface area contributed by atoms with E-state index >= 15 is 0 Å². The maximum Gasteiger partial charge on any atom is 0.137 e. The van der Waals surface area contributed by atoms with Crippen LogP contribution in [0.1, 0.15) is 5.56 Å². The van der Waals surface area contributed by atoms with Gasteiger partial charge in [-0.1, -0.05) is 17.7 Å². The van der Waals surface area contributed by atoms with Crippen molar-refractivity contribution in [1.29, 1.82) is 0 Å². The van der Waals surface area contributed by atoms with Gasteiger partial charge in [0.1, 0.15) is 12.1 Å². The van der Waals surface area contributed by atoms with E-state index in [0.717, 1.165) is 22.3 Å². The van der Waals surface area contributed by atoms with Gasteiger partial charge in [-0.2, -0.15) is 0 Å². The lowest BCUT2D eigenvalue weighted by molar-refractivity contribution is 1.08. The van der Waals surface area contributed by atoms with Gasteiger partial charge in [-0.25, -0.2) is 9.97 Å². The van der Waals surface area contributed by atoms with Gasteiger partial charge in [-0.15, -0.1) is 0 Å². The Balaban J connectivity index is 1.89. The Kier molecular flexibility index (Phi) is 3.25.